The van der Waals surface area contributed by atoms with Crippen molar-refractivity contribution in [2.45, 2.75) is 0 Å². The van der Waals surface area contributed by atoms with Gasteiger partial charge in [-0.05, 0) is 29.8 Å². The Labute approximate surface area is 124 Å². The monoisotopic (exact) mass is 300 g/mol. The van der Waals surface area contributed by atoms with E-state index in [0.29, 0.717) is 16.5 Å². The van der Waals surface area contributed by atoms with Crippen molar-refractivity contribution in [2.24, 2.45) is 0 Å². The molecule has 0 amide bonds. The average molecular weight is 300 g/mol. The molecule has 6 heteroatoms. The third-order valence-electron chi connectivity index (χ3n) is 3.29. The van der Waals surface area contributed by atoms with Crippen LogP contribution >= 0.6 is 0 Å². The maximum atomic E-state index is 14.0. The van der Waals surface area contributed by atoms with Crippen molar-refractivity contribution in [2.75, 3.05) is 7.11 Å². The second kappa shape index (κ2) is 5.48. The zero-order valence-electron chi connectivity index (χ0n) is 11.5. The molecule has 22 heavy (non-hydrogen) atoms. The number of esters is 1. The number of fused-ring (bicyclic) bond motifs is 1. The van der Waals surface area contributed by atoms with Crippen molar-refractivity contribution in [3.63, 3.8) is 0 Å². The van der Waals surface area contributed by atoms with Gasteiger partial charge in [-0.3, -0.25) is 9.97 Å². The second-order valence-corrected chi connectivity index (χ2v) is 4.56. The number of pyridine rings is 2. The fraction of sp³-hybridized carbons (Fsp3) is 0.0625. The Kier molecular flexibility index (Phi) is 3.50. The van der Waals surface area contributed by atoms with Gasteiger partial charge in [0.25, 0.3) is 0 Å². The van der Waals surface area contributed by atoms with Gasteiger partial charge in [0.1, 0.15) is 0 Å². The van der Waals surface area contributed by atoms with Crippen LogP contribution < -0.4 is 0 Å². The summed E-state index contributed by atoms with van der Waals surface area (Å²) in [6, 6.07) is 6.14. The van der Waals surface area contributed by atoms with Crippen molar-refractivity contribution in [1.29, 1.82) is 0 Å². The maximum absolute atomic E-state index is 14.0. The minimum absolute atomic E-state index is 0.204. The molecular weight excluding hydrogens is 290 g/mol. The first-order valence-electron chi connectivity index (χ1n) is 6.38. The summed E-state index contributed by atoms with van der Waals surface area (Å²) in [5.41, 5.74) is 0.887. The van der Waals surface area contributed by atoms with Crippen LogP contribution in [0.15, 0.2) is 42.9 Å². The topological polar surface area (TPSA) is 52.1 Å². The van der Waals surface area contributed by atoms with Gasteiger partial charge in [0.05, 0.1) is 36.1 Å². The third kappa shape index (κ3) is 2.28. The number of halogens is 2. The predicted octanol–water partition coefficient (Wildman–Crippen LogP) is 3.36. The summed E-state index contributed by atoms with van der Waals surface area (Å²) >= 11 is 0. The fourth-order valence-corrected chi connectivity index (χ4v) is 2.28. The van der Waals surface area contributed by atoms with E-state index in [1.807, 2.05) is 0 Å². The molecule has 0 fully saturated rings. The number of hydrogen-bond acceptors (Lipinski definition) is 4. The first-order valence-corrected chi connectivity index (χ1v) is 6.38. The molecule has 0 unspecified atom stereocenters. The van der Waals surface area contributed by atoms with Crippen LogP contribution in [0, 0.1) is 11.6 Å². The number of hydrogen-bond donors (Lipinski definition) is 0. The Balaban J connectivity index is 2.32. The maximum Gasteiger partial charge on any atom is 0.337 e. The van der Waals surface area contributed by atoms with Crippen molar-refractivity contribution >= 4 is 16.9 Å². The van der Waals surface area contributed by atoms with Crippen molar-refractivity contribution in [3.05, 3.63) is 60.1 Å². The lowest BCUT2D eigenvalue weighted by Gasteiger charge is -2.09. The standard InChI is InChI=1S/C16H10F2N2O2/c1-22-16(21)9-2-3-14-11(6-9)10(4-5-20-14)15-12(17)7-19-8-13(15)18/h2-8H,1H3. The van der Waals surface area contributed by atoms with Crippen molar-refractivity contribution < 1.29 is 18.3 Å². The first-order chi connectivity index (χ1) is 10.6. The quantitative estimate of drug-likeness (QED) is 0.681. The molecule has 0 aliphatic rings. The Hall–Kier alpha value is -2.89. The van der Waals surface area contributed by atoms with E-state index in [0.717, 1.165) is 12.4 Å². The number of aromatic nitrogens is 2. The van der Waals surface area contributed by atoms with Gasteiger partial charge in [-0.2, -0.15) is 0 Å². The van der Waals surface area contributed by atoms with Gasteiger partial charge >= 0.3 is 5.97 Å². The molecule has 0 saturated heterocycles. The molecule has 0 atom stereocenters. The number of benzene rings is 1. The fourth-order valence-electron chi connectivity index (χ4n) is 2.28. The molecule has 3 aromatic rings. The number of rotatable bonds is 2. The van der Waals surface area contributed by atoms with E-state index in [2.05, 4.69) is 14.7 Å². The van der Waals surface area contributed by atoms with E-state index in [-0.39, 0.29) is 11.1 Å². The zero-order valence-corrected chi connectivity index (χ0v) is 11.5. The molecule has 0 aliphatic carbocycles. The highest BCUT2D eigenvalue weighted by Crippen LogP contribution is 2.31. The molecule has 0 radical (unpaired) electrons. The third-order valence-corrected chi connectivity index (χ3v) is 3.29. The van der Waals surface area contributed by atoms with Crippen molar-refractivity contribution in [1.82, 2.24) is 9.97 Å². The minimum Gasteiger partial charge on any atom is -0.465 e. The summed E-state index contributed by atoms with van der Waals surface area (Å²) in [6.45, 7) is 0. The van der Waals surface area contributed by atoms with Crippen LogP contribution in [0.25, 0.3) is 22.0 Å². The van der Waals surface area contributed by atoms with Gasteiger partial charge in [0.15, 0.2) is 11.6 Å². The van der Waals surface area contributed by atoms with Crippen LogP contribution in [0.5, 0.6) is 0 Å². The highest BCUT2D eigenvalue weighted by atomic mass is 19.1. The summed E-state index contributed by atoms with van der Waals surface area (Å²) in [4.78, 5) is 19.2. The number of nitrogens with zero attached hydrogens (tertiary/aromatic N) is 2. The number of carbonyl (C=O) groups is 1. The number of ether oxygens (including phenoxy) is 1. The molecule has 110 valence electrons. The molecule has 3 rings (SSSR count). The molecule has 0 spiro atoms. The van der Waals surface area contributed by atoms with Crippen LogP contribution in [-0.4, -0.2) is 23.0 Å². The average Bonchev–Trinajstić information content (AvgIpc) is 2.53. The minimum atomic E-state index is -0.782. The molecular formula is C16H10F2N2O2. The lowest BCUT2D eigenvalue weighted by molar-refractivity contribution is 0.0601. The Morgan fingerprint density at radius 3 is 2.55 bits per heavy atom. The molecule has 4 nitrogen and oxygen atoms in total. The van der Waals surface area contributed by atoms with E-state index in [1.165, 1.54) is 25.4 Å². The summed E-state index contributed by atoms with van der Waals surface area (Å²) < 4.78 is 32.6. The SMILES string of the molecule is COC(=O)c1ccc2nccc(-c3c(F)cncc3F)c2c1. The molecule has 0 N–H and O–H groups in total. The first kappa shape index (κ1) is 14.1. The van der Waals surface area contributed by atoms with Gasteiger partial charge in [0, 0.05) is 11.6 Å². The van der Waals surface area contributed by atoms with E-state index in [1.54, 1.807) is 12.1 Å². The summed E-state index contributed by atoms with van der Waals surface area (Å²) in [5.74, 6) is -2.10. The lowest BCUT2D eigenvalue weighted by Crippen LogP contribution is -2.01. The van der Waals surface area contributed by atoms with Crippen LogP contribution in [-0.2, 0) is 4.74 Å². The van der Waals surface area contributed by atoms with Gasteiger partial charge in [-0.1, -0.05) is 0 Å². The number of methoxy groups -OCH3 is 1. The van der Waals surface area contributed by atoms with Gasteiger partial charge in [-0.15, -0.1) is 0 Å². The van der Waals surface area contributed by atoms with E-state index >= 15 is 0 Å². The van der Waals surface area contributed by atoms with Gasteiger partial charge in [-0.25, -0.2) is 13.6 Å². The van der Waals surface area contributed by atoms with E-state index in [9.17, 15) is 13.6 Å². The molecule has 2 heterocycles. The van der Waals surface area contributed by atoms with Crippen LogP contribution in [0.4, 0.5) is 8.78 Å². The second-order valence-electron chi connectivity index (χ2n) is 4.56. The summed E-state index contributed by atoms with van der Waals surface area (Å²) in [7, 11) is 1.26. The predicted molar refractivity (Wildman–Crippen MR) is 76.2 cm³/mol. The largest absolute Gasteiger partial charge is 0.465 e. The van der Waals surface area contributed by atoms with Crippen LogP contribution in [0.3, 0.4) is 0 Å². The van der Waals surface area contributed by atoms with Crippen molar-refractivity contribution in [3.8, 4) is 11.1 Å². The Bertz CT molecular complexity index is 861. The molecule has 0 bridgehead atoms. The molecule has 0 aliphatic heterocycles. The van der Waals surface area contributed by atoms with Gasteiger partial charge in [0.2, 0.25) is 0 Å². The van der Waals surface area contributed by atoms with E-state index < -0.39 is 17.6 Å². The Morgan fingerprint density at radius 1 is 1.14 bits per heavy atom. The summed E-state index contributed by atoms with van der Waals surface area (Å²) in [6.07, 6.45) is 3.33. The van der Waals surface area contributed by atoms with Crippen LogP contribution in [0.2, 0.25) is 0 Å². The smallest absolute Gasteiger partial charge is 0.337 e. The highest BCUT2D eigenvalue weighted by Gasteiger charge is 2.16. The molecule has 0 saturated carbocycles. The normalized spacial score (nSPS) is 10.7. The lowest BCUT2D eigenvalue weighted by atomic mass is 10.00. The Morgan fingerprint density at radius 2 is 1.86 bits per heavy atom. The molecule has 1 aromatic carbocycles. The van der Waals surface area contributed by atoms with E-state index in [4.69, 9.17) is 0 Å². The molecule has 2 aromatic heterocycles. The van der Waals surface area contributed by atoms with Crippen LogP contribution in [0.1, 0.15) is 10.4 Å². The van der Waals surface area contributed by atoms with Gasteiger partial charge < -0.3 is 4.74 Å². The summed E-state index contributed by atoms with van der Waals surface area (Å²) in [5, 5.41) is 0.453. The zero-order chi connectivity index (χ0) is 15.7. The highest BCUT2D eigenvalue weighted by molar-refractivity contribution is 6.00. The number of carbonyl (C=O) groups excluding carboxylic acids is 1.